The Balaban J connectivity index is 0.000000617. The van der Waals surface area contributed by atoms with E-state index in [1.54, 1.807) is 12.3 Å². The molecule has 1 aromatic heterocycles. The van der Waals surface area contributed by atoms with Gasteiger partial charge in [-0.2, -0.15) is 23.4 Å². The van der Waals surface area contributed by atoms with Crippen molar-refractivity contribution in [3.05, 3.63) is 60.3 Å². The van der Waals surface area contributed by atoms with Gasteiger partial charge >= 0.3 is 12.1 Å². The summed E-state index contributed by atoms with van der Waals surface area (Å²) in [6.45, 7) is 5.78. The summed E-state index contributed by atoms with van der Waals surface area (Å²) in [6, 6.07) is 11.9. The molecule has 0 amide bonds. The fourth-order valence-electron chi connectivity index (χ4n) is 4.02. The molecule has 2 aliphatic rings. The molecular weight excluding hydrogens is 501 g/mol. The number of aromatic nitrogens is 1. The minimum Gasteiger partial charge on any atom is -0.491 e. The predicted octanol–water partition coefficient (Wildman–Crippen LogP) is 5.22. The number of fused-ring (bicyclic) bond motifs is 1. The number of nitrogens with zero attached hydrogens (tertiary/aromatic N) is 3. The van der Waals surface area contributed by atoms with E-state index in [-0.39, 0.29) is 18.6 Å². The number of aliphatic carboxylic acids is 1. The average molecular weight is 531 g/mol. The molecule has 11 heteroatoms. The van der Waals surface area contributed by atoms with Crippen molar-refractivity contribution in [3.8, 4) is 5.75 Å². The molecule has 0 radical (unpaired) electrons. The number of carbonyl (C=O) groups is 2. The van der Waals surface area contributed by atoms with Gasteiger partial charge in [0.2, 0.25) is 0 Å². The van der Waals surface area contributed by atoms with Crippen LogP contribution in [0, 0.1) is 5.92 Å². The third-order valence-corrected chi connectivity index (χ3v) is 6.41. The largest absolute Gasteiger partial charge is 0.491 e. The Labute approximate surface area is 217 Å². The number of carbonyl (C=O) groups excluding carboxylic acids is 1. The summed E-state index contributed by atoms with van der Waals surface area (Å²) in [6.07, 6.45) is -0.439. The van der Waals surface area contributed by atoms with Crippen LogP contribution in [0.2, 0.25) is 0 Å². The Morgan fingerprint density at radius 2 is 1.87 bits per heavy atom. The maximum absolute atomic E-state index is 12.8. The number of halogens is 3. The van der Waals surface area contributed by atoms with Gasteiger partial charge in [-0.05, 0) is 68.3 Å². The lowest BCUT2D eigenvalue weighted by Gasteiger charge is -2.19. The highest BCUT2D eigenvalue weighted by atomic mass is 19.4. The smallest absolute Gasteiger partial charge is 0.416 e. The van der Waals surface area contributed by atoms with Crippen molar-refractivity contribution in [2.45, 2.75) is 51.4 Å². The topological polar surface area (TPSA) is 96.2 Å². The first-order valence-corrected chi connectivity index (χ1v) is 12.2. The van der Waals surface area contributed by atoms with Crippen molar-refractivity contribution in [2.24, 2.45) is 11.0 Å². The van der Waals surface area contributed by atoms with Crippen molar-refractivity contribution in [2.75, 3.05) is 11.7 Å². The number of hydrogen-bond donors (Lipinski definition) is 2. The molecule has 5 rings (SSSR count). The average Bonchev–Trinajstić information content (AvgIpc) is 3.45. The summed E-state index contributed by atoms with van der Waals surface area (Å²) in [7, 11) is 0. The number of hydrogen-bond acceptors (Lipinski definition) is 6. The second kappa shape index (κ2) is 10.5. The Kier molecular flexibility index (Phi) is 7.50. The van der Waals surface area contributed by atoms with E-state index in [9.17, 15) is 27.9 Å². The van der Waals surface area contributed by atoms with E-state index < -0.39 is 23.2 Å². The molecular formula is C27H29F3N4O4. The standard InChI is InChI=1S/C23H21F3N4O3.C4H8O/c1-14-19(28-30(27-14)17-4-2-16(3-5-17)23(24,25)26)13-33-18-6-7-20-15(12-18)8-11-29(20)22(9-10-22)21(31)32;1-4(2)3-5/h2-8,11-12,19,28H,9-10,13H2,1H3,(H,31,32);3-4H,1-2H3. The minimum atomic E-state index is -4.39. The van der Waals surface area contributed by atoms with Crippen LogP contribution in [-0.2, 0) is 21.3 Å². The van der Waals surface area contributed by atoms with Gasteiger partial charge in [-0.25, -0.2) is 10.2 Å². The number of hydrazine groups is 1. The van der Waals surface area contributed by atoms with Crippen LogP contribution in [0.5, 0.6) is 5.75 Å². The van der Waals surface area contributed by atoms with Crippen LogP contribution in [0.3, 0.4) is 0 Å². The van der Waals surface area contributed by atoms with E-state index in [4.69, 9.17) is 4.74 Å². The molecule has 1 atom stereocenters. The first-order valence-electron chi connectivity index (χ1n) is 12.2. The number of aldehydes is 1. The SMILES string of the molecule is CC(C)C=O.CC1=NN(c2ccc(C(F)(F)F)cc2)NC1COc1ccc2c(ccn2C2(C(=O)O)CC2)c1. The van der Waals surface area contributed by atoms with E-state index >= 15 is 0 Å². The van der Waals surface area contributed by atoms with E-state index in [2.05, 4.69) is 10.5 Å². The van der Waals surface area contributed by atoms with Crippen LogP contribution >= 0.6 is 0 Å². The van der Waals surface area contributed by atoms with Crippen LogP contribution in [-0.4, -0.2) is 40.3 Å². The monoisotopic (exact) mass is 530 g/mol. The molecule has 2 heterocycles. The highest BCUT2D eigenvalue weighted by Gasteiger charge is 2.52. The number of carboxylic acid groups (broad SMARTS) is 1. The van der Waals surface area contributed by atoms with Gasteiger partial charge in [0.15, 0.2) is 0 Å². The van der Waals surface area contributed by atoms with Crippen molar-refractivity contribution in [3.63, 3.8) is 0 Å². The van der Waals surface area contributed by atoms with Crippen molar-refractivity contribution < 1.29 is 32.6 Å². The van der Waals surface area contributed by atoms with Crippen LogP contribution in [0.25, 0.3) is 10.9 Å². The molecule has 8 nitrogen and oxygen atoms in total. The number of anilines is 1. The predicted molar refractivity (Wildman–Crippen MR) is 137 cm³/mol. The molecule has 1 fully saturated rings. The highest BCUT2D eigenvalue weighted by Crippen LogP contribution is 2.46. The highest BCUT2D eigenvalue weighted by molar-refractivity contribution is 5.90. The second-order valence-corrected chi connectivity index (χ2v) is 9.71. The molecule has 0 spiro atoms. The lowest BCUT2D eigenvalue weighted by atomic mass is 10.2. The molecule has 2 aromatic carbocycles. The number of ether oxygens (including phenoxy) is 1. The number of alkyl halides is 3. The lowest BCUT2D eigenvalue weighted by molar-refractivity contribution is -0.142. The third kappa shape index (κ3) is 5.67. The van der Waals surface area contributed by atoms with E-state index in [1.165, 1.54) is 17.3 Å². The number of nitrogens with one attached hydrogen (secondary N) is 1. The van der Waals surface area contributed by atoms with Gasteiger partial charge in [-0.3, -0.25) is 0 Å². The van der Waals surface area contributed by atoms with Gasteiger partial charge < -0.3 is 19.2 Å². The van der Waals surface area contributed by atoms with Crippen molar-refractivity contribution >= 4 is 34.6 Å². The fraction of sp³-hybridized carbons (Fsp3) is 0.370. The molecule has 0 saturated heterocycles. The molecule has 0 bridgehead atoms. The second-order valence-electron chi connectivity index (χ2n) is 9.71. The lowest BCUT2D eigenvalue weighted by Crippen LogP contribution is -2.41. The van der Waals surface area contributed by atoms with Crippen LogP contribution in [0.1, 0.15) is 39.2 Å². The Bertz CT molecular complexity index is 1340. The van der Waals surface area contributed by atoms with Crippen LogP contribution < -0.4 is 15.3 Å². The summed E-state index contributed by atoms with van der Waals surface area (Å²) in [5, 5.41) is 16.2. The first-order chi connectivity index (χ1) is 17.9. The van der Waals surface area contributed by atoms with Crippen LogP contribution in [0.15, 0.2) is 59.8 Å². The summed E-state index contributed by atoms with van der Waals surface area (Å²) < 4.78 is 46.1. The fourth-order valence-corrected chi connectivity index (χ4v) is 4.02. The number of hydrazone groups is 1. The molecule has 1 aliphatic heterocycles. The summed E-state index contributed by atoms with van der Waals surface area (Å²) in [5.74, 6) is 0.0120. The Hall–Kier alpha value is -3.86. The zero-order valence-electron chi connectivity index (χ0n) is 21.2. The maximum Gasteiger partial charge on any atom is 0.416 e. The number of rotatable bonds is 7. The number of carboxylic acids is 1. The Morgan fingerprint density at radius 1 is 1.21 bits per heavy atom. The van der Waals surface area contributed by atoms with Gasteiger partial charge in [0.05, 0.1) is 17.0 Å². The molecule has 1 aliphatic carbocycles. The molecule has 1 saturated carbocycles. The van der Waals surface area contributed by atoms with Crippen LogP contribution in [0.4, 0.5) is 18.9 Å². The van der Waals surface area contributed by atoms with Gasteiger partial charge in [-0.1, -0.05) is 13.8 Å². The van der Waals surface area contributed by atoms with Crippen molar-refractivity contribution in [1.82, 2.24) is 9.99 Å². The third-order valence-electron chi connectivity index (χ3n) is 6.41. The van der Waals surface area contributed by atoms with E-state index in [0.717, 1.165) is 35.0 Å². The van der Waals surface area contributed by atoms with Gasteiger partial charge in [0.25, 0.3) is 0 Å². The van der Waals surface area contributed by atoms with Gasteiger partial charge in [0, 0.05) is 23.0 Å². The quantitative estimate of drug-likeness (QED) is 0.407. The summed E-state index contributed by atoms with van der Waals surface area (Å²) in [4.78, 5) is 21.1. The summed E-state index contributed by atoms with van der Waals surface area (Å²) >= 11 is 0. The summed E-state index contributed by atoms with van der Waals surface area (Å²) in [5.41, 5.74) is 3.63. The minimum absolute atomic E-state index is 0.204. The normalized spacial score (nSPS) is 18.1. The molecule has 38 heavy (non-hydrogen) atoms. The zero-order chi connectivity index (χ0) is 27.7. The molecule has 2 N–H and O–H groups in total. The molecule has 202 valence electrons. The molecule has 1 unspecified atom stereocenters. The number of benzene rings is 2. The van der Waals surface area contributed by atoms with Crippen molar-refractivity contribution in [1.29, 1.82) is 0 Å². The zero-order valence-corrected chi connectivity index (χ0v) is 21.2. The molecule has 3 aromatic rings. The van der Waals surface area contributed by atoms with Gasteiger partial charge in [0.1, 0.15) is 30.2 Å². The Morgan fingerprint density at radius 3 is 2.42 bits per heavy atom. The van der Waals surface area contributed by atoms with Gasteiger partial charge in [-0.15, -0.1) is 0 Å². The van der Waals surface area contributed by atoms with E-state index in [1.807, 2.05) is 43.5 Å². The maximum atomic E-state index is 12.8. The first kappa shape index (κ1) is 27.2. The van der Waals surface area contributed by atoms with E-state index in [0.29, 0.717) is 24.3 Å².